The molecule has 0 radical (unpaired) electrons. The van der Waals surface area contributed by atoms with Gasteiger partial charge in [0, 0.05) is 5.39 Å². The van der Waals surface area contributed by atoms with E-state index in [1.54, 1.807) is 24.3 Å². The number of para-hydroxylation sites is 1. The van der Waals surface area contributed by atoms with Gasteiger partial charge in [0.1, 0.15) is 5.75 Å². The van der Waals surface area contributed by atoms with Crippen LogP contribution >= 0.6 is 0 Å². The molecule has 5 nitrogen and oxygen atoms in total. The lowest BCUT2D eigenvalue weighted by molar-refractivity contribution is -0.115. The van der Waals surface area contributed by atoms with E-state index >= 15 is 0 Å². The zero-order chi connectivity index (χ0) is 13.9. The van der Waals surface area contributed by atoms with Crippen LogP contribution < -0.4 is 5.32 Å². The van der Waals surface area contributed by atoms with E-state index in [0.717, 1.165) is 16.5 Å². The molecule has 0 spiro atoms. The number of amides is 1. The van der Waals surface area contributed by atoms with Crippen LogP contribution in [0, 0.1) is 0 Å². The van der Waals surface area contributed by atoms with Gasteiger partial charge in [0.15, 0.2) is 5.82 Å². The Bertz CT molecular complexity index is 747. The normalized spacial score (nSPS) is 10.6. The van der Waals surface area contributed by atoms with E-state index in [4.69, 9.17) is 0 Å². The lowest BCUT2D eigenvalue weighted by Crippen LogP contribution is -2.14. The summed E-state index contributed by atoms with van der Waals surface area (Å²) in [5, 5.41) is 19.8. The van der Waals surface area contributed by atoms with Crippen molar-refractivity contribution in [3.63, 3.8) is 0 Å². The summed E-state index contributed by atoms with van der Waals surface area (Å²) in [4.78, 5) is 12.0. The van der Waals surface area contributed by atoms with E-state index in [0.29, 0.717) is 5.82 Å². The van der Waals surface area contributed by atoms with Gasteiger partial charge in [-0.1, -0.05) is 24.3 Å². The third kappa shape index (κ3) is 2.47. The molecule has 0 fully saturated rings. The highest BCUT2D eigenvalue weighted by atomic mass is 16.3. The van der Waals surface area contributed by atoms with Crippen LogP contribution in [0.2, 0.25) is 0 Å². The van der Waals surface area contributed by atoms with Crippen molar-refractivity contribution in [3.8, 4) is 5.75 Å². The largest absolute Gasteiger partial charge is 0.508 e. The number of phenols is 1. The Morgan fingerprint density at radius 3 is 2.70 bits per heavy atom. The molecule has 0 aliphatic heterocycles. The highest BCUT2D eigenvalue weighted by molar-refractivity contribution is 6.00. The number of rotatable bonds is 3. The number of H-pyrrole nitrogens is 1. The summed E-state index contributed by atoms with van der Waals surface area (Å²) in [6.45, 7) is 0. The lowest BCUT2D eigenvalue weighted by Gasteiger charge is -2.03. The standard InChI is InChI=1S/C15H13N3O2/c19-11-7-5-10(6-8-11)9-14(20)16-15-12-3-1-2-4-13(12)17-18-15/h1-8,19H,9H2,(H2,16,17,18,20). The lowest BCUT2D eigenvalue weighted by atomic mass is 10.1. The fourth-order valence-corrected chi connectivity index (χ4v) is 2.03. The average Bonchev–Trinajstić information content (AvgIpc) is 2.85. The van der Waals surface area contributed by atoms with Crippen LogP contribution in [0.1, 0.15) is 5.56 Å². The van der Waals surface area contributed by atoms with Gasteiger partial charge in [-0.15, -0.1) is 0 Å². The van der Waals surface area contributed by atoms with Crippen LogP contribution in [0.4, 0.5) is 5.82 Å². The van der Waals surface area contributed by atoms with Crippen LogP contribution in [0.25, 0.3) is 10.9 Å². The maximum Gasteiger partial charge on any atom is 0.230 e. The number of hydrogen-bond acceptors (Lipinski definition) is 3. The van der Waals surface area contributed by atoms with Crippen LogP contribution in [0.3, 0.4) is 0 Å². The highest BCUT2D eigenvalue weighted by Gasteiger charge is 2.09. The Hall–Kier alpha value is -2.82. The number of nitrogens with zero attached hydrogens (tertiary/aromatic N) is 1. The number of aromatic nitrogens is 2. The molecule has 0 aliphatic carbocycles. The maximum atomic E-state index is 12.0. The van der Waals surface area contributed by atoms with Crippen molar-refractivity contribution in [2.24, 2.45) is 0 Å². The summed E-state index contributed by atoms with van der Waals surface area (Å²) < 4.78 is 0. The minimum Gasteiger partial charge on any atom is -0.508 e. The molecule has 0 bridgehead atoms. The van der Waals surface area contributed by atoms with Gasteiger partial charge in [-0.05, 0) is 29.8 Å². The first kappa shape index (κ1) is 12.2. The zero-order valence-electron chi connectivity index (χ0n) is 10.6. The second-order valence-electron chi connectivity index (χ2n) is 4.51. The summed E-state index contributed by atoms with van der Waals surface area (Å²) in [5.41, 5.74) is 1.72. The molecule has 100 valence electrons. The summed E-state index contributed by atoms with van der Waals surface area (Å²) in [6.07, 6.45) is 0.238. The van der Waals surface area contributed by atoms with Gasteiger partial charge in [-0.2, -0.15) is 5.10 Å². The van der Waals surface area contributed by atoms with Crippen molar-refractivity contribution in [3.05, 3.63) is 54.1 Å². The van der Waals surface area contributed by atoms with Crippen molar-refractivity contribution < 1.29 is 9.90 Å². The van der Waals surface area contributed by atoms with Gasteiger partial charge in [0.25, 0.3) is 0 Å². The predicted octanol–water partition coefficient (Wildman–Crippen LogP) is 2.45. The van der Waals surface area contributed by atoms with Gasteiger partial charge >= 0.3 is 0 Å². The molecule has 1 aromatic heterocycles. The van der Waals surface area contributed by atoms with Gasteiger partial charge in [-0.25, -0.2) is 0 Å². The fourth-order valence-electron chi connectivity index (χ4n) is 2.03. The minimum atomic E-state index is -0.145. The van der Waals surface area contributed by atoms with E-state index < -0.39 is 0 Å². The van der Waals surface area contributed by atoms with Gasteiger partial charge in [-0.3, -0.25) is 9.89 Å². The highest BCUT2D eigenvalue weighted by Crippen LogP contribution is 2.19. The molecule has 3 rings (SSSR count). The number of phenolic OH excluding ortho intramolecular Hbond substituents is 1. The summed E-state index contributed by atoms with van der Waals surface area (Å²) >= 11 is 0. The molecule has 20 heavy (non-hydrogen) atoms. The smallest absolute Gasteiger partial charge is 0.230 e. The van der Waals surface area contributed by atoms with E-state index in [1.807, 2.05) is 24.3 Å². The molecular weight excluding hydrogens is 254 g/mol. The van der Waals surface area contributed by atoms with Crippen LogP contribution in [0.15, 0.2) is 48.5 Å². The first-order valence-corrected chi connectivity index (χ1v) is 6.23. The van der Waals surface area contributed by atoms with Gasteiger partial charge < -0.3 is 10.4 Å². The summed E-state index contributed by atoms with van der Waals surface area (Å²) in [7, 11) is 0. The molecule has 0 saturated heterocycles. The molecule has 3 aromatic rings. The third-order valence-electron chi connectivity index (χ3n) is 3.03. The number of carbonyl (C=O) groups excluding carboxylic acids is 1. The summed E-state index contributed by atoms with van der Waals surface area (Å²) in [6, 6.07) is 14.2. The Morgan fingerprint density at radius 1 is 1.15 bits per heavy atom. The summed E-state index contributed by atoms with van der Waals surface area (Å²) in [5.74, 6) is 0.574. The van der Waals surface area contributed by atoms with E-state index in [9.17, 15) is 9.90 Å². The van der Waals surface area contributed by atoms with Crippen molar-refractivity contribution in [1.82, 2.24) is 10.2 Å². The number of hydrogen-bond donors (Lipinski definition) is 3. The molecule has 1 heterocycles. The number of aromatic amines is 1. The Kier molecular flexibility index (Phi) is 3.09. The van der Waals surface area contributed by atoms with E-state index in [-0.39, 0.29) is 18.1 Å². The predicted molar refractivity (Wildman–Crippen MR) is 76.5 cm³/mol. The maximum absolute atomic E-state index is 12.0. The first-order valence-electron chi connectivity index (χ1n) is 6.23. The van der Waals surface area contributed by atoms with Crippen LogP contribution in [-0.4, -0.2) is 21.2 Å². The number of benzene rings is 2. The van der Waals surface area contributed by atoms with E-state index in [1.165, 1.54) is 0 Å². The van der Waals surface area contributed by atoms with Crippen molar-refractivity contribution in [2.75, 3.05) is 5.32 Å². The van der Waals surface area contributed by atoms with Gasteiger partial charge in [0.2, 0.25) is 5.91 Å². The molecule has 3 N–H and O–H groups in total. The molecule has 0 atom stereocenters. The second kappa shape index (κ2) is 5.05. The van der Waals surface area contributed by atoms with Crippen LogP contribution in [-0.2, 0) is 11.2 Å². The Labute approximate surface area is 115 Å². The van der Waals surface area contributed by atoms with Crippen LogP contribution in [0.5, 0.6) is 5.75 Å². The third-order valence-corrected chi connectivity index (χ3v) is 3.03. The number of carbonyl (C=O) groups is 1. The number of aromatic hydroxyl groups is 1. The molecule has 5 heteroatoms. The van der Waals surface area contributed by atoms with Crippen molar-refractivity contribution in [2.45, 2.75) is 6.42 Å². The quantitative estimate of drug-likeness (QED) is 0.682. The van der Waals surface area contributed by atoms with Crippen molar-refractivity contribution in [1.29, 1.82) is 0 Å². The monoisotopic (exact) mass is 267 g/mol. The minimum absolute atomic E-state index is 0.145. The molecule has 0 aliphatic rings. The fraction of sp³-hybridized carbons (Fsp3) is 0.0667. The zero-order valence-corrected chi connectivity index (χ0v) is 10.6. The second-order valence-corrected chi connectivity index (χ2v) is 4.51. The number of anilines is 1. The van der Waals surface area contributed by atoms with Gasteiger partial charge in [0.05, 0.1) is 11.9 Å². The average molecular weight is 267 g/mol. The SMILES string of the molecule is O=C(Cc1ccc(O)cc1)Nc1n[nH]c2ccccc12. The molecule has 0 unspecified atom stereocenters. The molecule has 2 aromatic carbocycles. The van der Waals surface area contributed by atoms with E-state index in [2.05, 4.69) is 15.5 Å². The first-order chi connectivity index (χ1) is 9.72. The Balaban J connectivity index is 1.74. The number of fused-ring (bicyclic) bond motifs is 1. The molecule has 1 amide bonds. The Morgan fingerprint density at radius 2 is 1.90 bits per heavy atom. The molecule has 0 saturated carbocycles. The molecular formula is C15H13N3O2. The van der Waals surface area contributed by atoms with Crippen molar-refractivity contribution >= 4 is 22.6 Å². The topological polar surface area (TPSA) is 78.0 Å². The number of nitrogens with one attached hydrogen (secondary N) is 2.